The number of ketones is 1. The molecule has 0 radical (unpaired) electrons. The number of rotatable bonds is 5. The fourth-order valence-electron chi connectivity index (χ4n) is 4.37. The molecule has 7 heteroatoms. The van der Waals surface area contributed by atoms with Crippen LogP contribution in [0.15, 0.2) is 70.9 Å². The summed E-state index contributed by atoms with van der Waals surface area (Å²) >= 11 is 0. The quantitative estimate of drug-likeness (QED) is 0.335. The van der Waals surface area contributed by atoms with E-state index in [2.05, 4.69) is 13.8 Å². The molecule has 3 heterocycles. The number of amides is 1. The van der Waals surface area contributed by atoms with Gasteiger partial charge in [-0.15, -0.1) is 0 Å². The highest BCUT2D eigenvalue weighted by molar-refractivity contribution is 6.46. The van der Waals surface area contributed by atoms with Crippen LogP contribution in [0.3, 0.4) is 0 Å². The lowest BCUT2D eigenvalue weighted by Crippen LogP contribution is -2.29. The Morgan fingerprint density at radius 3 is 2.44 bits per heavy atom. The number of Topliss-reactive ketones (excluding diaryl/α,β-unsaturated/α-hetero) is 1. The Bertz CT molecular complexity index is 1260. The summed E-state index contributed by atoms with van der Waals surface area (Å²) in [5.74, 6) is 0.256. The molecule has 0 aliphatic carbocycles. The van der Waals surface area contributed by atoms with Crippen LogP contribution in [0.2, 0.25) is 0 Å². The normalized spacial score (nSPS) is 19.1. The van der Waals surface area contributed by atoms with E-state index in [1.165, 1.54) is 11.2 Å². The summed E-state index contributed by atoms with van der Waals surface area (Å²) in [5.41, 5.74) is 2.28. The van der Waals surface area contributed by atoms with Crippen LogP contribution in [0.4, 0.5) is 0 Å². The minimum atomic E-state index is -0.764. The van der Waals surface area contributed by atoms with Gasteiger partial charge in [0.25, 0.3) is 11.7 Å². The Hall–Kier alpha value is -4.00. The number of nitrogens with zero attached hydrogens (tertiary/aromatic N) is 1. The molecule has 0 saturated carbocycles. The van der Waals surface area contributed by atoms with Gasteiger partial charge in [-0.3, -0.25) is 9.59 Å². The van der Waals surface area contributed by atoms with Crippen molar-refractivity contribution in [2.45, 2.75) is 32.4 Å². The van der Waals surface area contributed by atoms with E-state index in [-0.39, 0.29) is 17.9 Å². The van der Waals surface area contributed by atoms with Crippen LogP contribution in [0, 0.1) is 0 Å². The number of likely N-dealkylation sites (tertiary alicyclic amines) is 1. The van der Waals surface area contributed by atoms with Crippen molar-refractivity contribution in [2.24, 2.45) is 0 Å². The van der Waals surface area contributed by atoms with Crippen LogP contribution >= 0.6 is 0 Å². The second-order valence-corrected chi connectivity index (χ2v) is 8.69. The fourth-order valence-corrected chi connectivity index (χ4v) is 4.37. The number of carbonyl (C=O) groups is 2. The van der Waals surface area contributed by atoms with E-state index in [1.54, 1.807) is 30.3 Å². The van der Waals surface area contributed by atoms with Gasteiger partial charge in [-0.2, -0.15) is 0 Å². The molecule has 5 rings (SSSR count). The molecule has 1 saturated heterocycles. The van der Waals surface area contributed by atoms with Gasteiger partial charge in [0.1, 0.15) is 24.7 Å². The molecular formula is C27H25NO6. The van der Waals surface area contributed by atoms with E-state index >= 15 is 0 Å². The van der Waals surface area contributed by atoms with E-state index in [0.717, 1.165) is 11.1 Å². The number of hydrogen-bond acceptors (Lipinski definition) is 6. The summed E-state index contributed by atoms with van der Waals surface area (Å²) in [6.07, 6.45) is 1.52. The topological polar surface area (TPSA) is 89.2 Å². The highest BCUT2D eigenvalue weighted by Crippen LogP contribution is 2.42. The van der Waals surface area contributed by atoms with E-state index in [9.17, 15) is 14.7 Å². The number of carbonyl (C=O) groups excluding carboxylic acids is 2. The molecule has 1 fully saturated rings. The summed E-state index contributed by atoms with van der Waals surface area (Å²) in [6.45, 7) is 5.14. The predicted molar refractivity (Wildman–Crippen MR) is 125 cm³/mol. The molecule has 1 amide bonds. The lowest BCUT2D eigenvalue weighted by atomic mass is 9.93. The second kappa shape index (κ2) is 8.74. The number of benzene rings is 2. The Morgan fingerprint density at radius 1 is 1.03 bits per heavy atom. The van der Waals surface area contributed by atoms with Crippen molar-refractivity contribution < 1.29 is 28.6 Å². The number of aliphatic hydroxyl groups excluding tert-OH is 1. The van der Waals surface area contributed by atoms with Crippen molar-refractivity contribution in [3.8, 4) is 11.5 Å². The van der Waals surface area contributed by atoms with Gasteiger partial charge < -0.3 is 23.9 Å². The fraction of sp³-hybridized carbons (Fsp3) is 0.259. The van der Waals surface area contributed by atoms with Crippen LogP contribution in [0.1, 0.15) is 48.3 Å². The lowest BCUT2D eigenvalue weighted by molar-refractivity contribution is -0.140. The molecular weight excluding hydrogens is 434 g/mol. The van der Waals surface area contributed by atoms with Crippen LogP contribution in [0.25, 0.3) is 5.76 Å². The van der Waals surface area contributed by atoms with Gasteiger partial charge in [0.2, 0.25) is 0 Å². The van der Waals surface area contributed by atoms with Crippen LogP contribution in [0.5, 0.6) is 11.5 Å². The SMILES string of the molecule is CC(C)c1ccc([C@H]2C(=C(O)c3ccc4c(c3)OCCO4)C(=O)C(=O)N2Cc2ccco2)cc1. The smallest absolute Gasteiger partial charge is 0.296 e. The molecule has 174 valence electrons. The summed E-state index contributed by atoms with van der Waals surface area (Å²) in [6, 6.07) is 15.5. The zero-order chi connectivity index (χ0) is 23.8. The standard InChI is InChI=1S/C27H25NO6/c1-16(2)17-5-7-18(8-6-17)24-23(26(30)27(31)28(24)15-20-4-3-11-32-20)25(29)19-9-10-21-22(14-19)34-13-12-33-21/h3-11,14,16,24,29H,12-13,15H2,1-2H3/t24-/m0/s1. The summed E-state index contributed by atoms with van der Waals surface area (Å²) in [7, 11) is 0. The Balaban J connectivity index is 1.62. The number of fused-ring (bicyclic) bond motifs is 1. The molecule has 1 aromatic heterocycles. The molecule has 0 unspecified atom stereocenters. The average Bonchev–Trinajstić information content (AvgIpc) is 3.46. The van der Waals surface area contributed by atoms with Crippen molar-refractivity contribution in [3.63, 3.8) is 0 Å². The number of ether oxygens (including phenoxy) is 2. The van der Waals surface area contributed by atoms with E-state index in [1.807, 2.05) is 24.3 Å². The van der Waals surface area contributed by atoms with Crippen molar-refractivity contribution in [1.29, 1.82) is 0 Å². The minimum absolute atomic E-state index is 0.0329. The van der Waals surface area contributed by atoms with Gasteiger partial charge in [0, 0.05) is 5.56 Å². The van der Waals surface area contributed by atoms with Crippen molar-refractivity contribution >= 4 is 17.4 Å². The lowest BCUT2D eigenvalue weighted by Gasteiger charge is -2.25. The number of furan rings is 1. The zero-order valence-corrected chi connectivity index (χ0v) is 19.0. The minimum Gasteiger partial charge on any atom is -0.507 e. The van der Waals surface area contributed by atoms with Crippen LogP contribution in [-0.4, -0.2) is 34.9 Å². The molecule has 34 heavy (non-hydrogen) atoms. The zero-order valence-electron chi connectivity index (χ0n) is 19.0. The van der Waals surface area contributed by atoms with E-state index < -0.39 is 17.7 Å². The first-order chi connectivity index (χ1) is 16.4. The van der Waals surface area contributed by atoms with Crippen molar-refractivity contribution in [2.75, 3.05) is 13.2 Å². The summed E-state index contributed by atoms with van der Waals surface area (Å²) in [4.78, 5) is 27.8. The monoisotopic (exact) mass is 459 g/mol. The third kappa shape index (κ3) is 3.83. The maximum absolute atomic E-state index is 13.2. The summed E-state index contributed by atoms with van der Waals surface area (Å²) in [5, 5.41) is 11.3. The first-order valence-electron chi connectivity index (χ1n) is 11.2. The molecule has 3 aromatic rings. The second-order valence-electron chi connectivity index (χ2n) is 8.69. The van der Waals surface area contributed by atoms with E-state index in [4.69, 9.17) is 13.9 Å². The predicted octanol–water partition coefficient (Wildman–Crippen LogP) is 4.80. The molecule has 1 N–H and O–H groups in total. The maximum atomic E-state index is 13.2. The van der Waals surface area contributed by atoms with Crippen molar-refractivity contribution in [3.05, 3.63) is 88.9 Å². The Kier molecular flexibility index (Phi) is 5.61. The van der Waals surface area contributed by atoms with Gasteiger partial charge in [0.05, 0.1) is 24.4 Å². The molecule has 1 atom stereocenters. The Labute approximate surface area is 197 Å². The largest absolute Gasteiger partial charge is 0.507 e. The number of hydrogen-bond donors (Lipinski definition) is 1. The van der Waals surface area contributed by atoms with Gasteiger partial charge in [0.15, 0.2) is 11.5 Å². The van der Waals surface area contributed by atoms with Gasteiger partial charge in [-0.1, -0.05) is 38.1 Å². The van der Waals surface area contributed by atoms with E-state index in [0.29, 0.717) is 42.0 Å². The molecule has 0 bridgehead atoms. The molecule has 7 nitrogen and oxygen atoms in total. The van der Waals surface area contributed by atoms with Crippen LogP contribution in [-0.2, 0) is 16.1 Å². The maximum Gasteiger partial charge on any atom is 0.296 e. The summed E-state index contributed by atoms with van der Waals surface area (Å²) < 4.78 is 16.6. The Morgan fingerprint density at radius 2 is 1.76 bits per heavy atom. The highest BCUT2D eigenvalue weighted by Gasteiger charge is 2.46. The molecule has 2 aromatic carbocycles. The molecule has 0 spiro atoms. The number of aliphatic hydroxyl groups is 1. The average molecular weight is 459 g/mol. The van der Waals surface area contributed by atoms with Gasteiger partial charge >= 0.3 is 0 Å². The third-order valence-electron chi connectivity index (χ3n) is 6.18. The van der Waals surface area contributed by atoms with Gasteiger partial charge in [-0.25, -0.2) is 0 Å². The highest BCUT2D eigenvalue weighted by atomic mass is 16.6. The van der Waals surface area contributed by atoms with Crippen LogP contribution < -0.4 is 9.47 Å². The van der Waals surface area contributed by atoms with Crippen molar-refractivity contribution in [1.82, 2.24) is 4.90 Å². The van der Waals surface area contributed by atoms with Gasteiger partial charge in [-0.05, 0) is 47.4 Å². The molecule has 2 aliphatic heterocycles. The third-order valence-corrected chi connectivity index (χ3v) is 6.18. The first-order valence-corrected chi connectivity index (χ1v) is 11.2. The first kappa shape index (κ1) is 21.8. The molecule has 2 aliphatic rings.